The number of hydrogen-bond donors (Lipinski definition) is 0. The summed E-state index contributed by atoms with van der Waals surface area (Å²) in [5.41, 5.74) is 1.55. The first kappa shape index (κ1) is 17.0. The van der Waals surface area contributed by atoms with Crippen LogP contribution in [-0.4, -0.2) is 5.79 Å². The first-order chi connectivity index (χ1) is 10.8. The quantitative estimate of drug-likeness (QED) is 0.557. The summed E-state index contributed by atoms with van der Waals surface area (Å²) >= 11 is 6.76. The average molecular weight is 448 g/mol. The van der Waals surface area contributed by atoms with Crippen LogP contribution in [0.25, 0.3) is 0 Å². The lowest BCUT2D eigenvalue weighted by Gasteiger charge is -2.20. The highest BCUT2D eigenvalue weighted by Crippen LogP contribution is 2.49. The topological polar surface area (TPSA) is 18.5 Å². The molecule has 6 heteroatoms. The van der Waals surface area contributed by atoms with E-state index in [1.54, 1.807) is 12.1 Å². The summed E-state index contributed by atoms with van der Waals surface area (Å²) in [5.74, 6) is -1.48. The summed E-state index contributed by atoms with van der Waals surface area (Å²) in [6.45, 7) is 3.63. The van der Waals surface area contributed by atoms with Crippen molar-refractivity contribution in [1.29, 1.82) is 0 Å². The van der Waals surface area contributed by atoms with Gasteiger partial charge in [-0.05, 0) is 49.2 Å². The molecule has 3 rings (SSSR count). The first-order valence-corrected chi connectivity index (χ1v) is 8.61. The second-order valence-corrected chi connectivity index (χ2v) is 7.52. The van der Waals surface area contributed by atoms with Crippen molar-refractivity contribution in [3.05, 3.63) is 68.1 Å². The zero-order valence-electron chi connectivity index (χ0n) is 12.4. The Hall–Kier alpha value is -0.820. The minimum Gasteiger partial charge on any atom is -0.339 e. The molecule has 2 atom stereocenters. The van der Waals surface area contributed by atoms with E-state index in [4.69, 9.17) is 9.47 Å². The van der Waals surface area contributed by atoms with Crippen molar-refractivity contribution in [3.8, 4) is 0 Å². The Bertz CT molecular complexity index is 688. The first-order valence-electron chi connectivity index (χ1n) is 7.02. The van der Waals surface area contributed by atoms with Crippen molar-refractivity contribution < 1.29 is 18.3 Å². The molecule has 2 aromatic carbocycles. The van der Waals surface area contributed by atoms with Gasteiger partial charge in [0.05, 0.1) is 0 Å². The summed E-state index contributed by atoms with van der Waals surface area (Å²) in [6, 6.07) is 8.87. The van der Waals surface area contributed by atoms with Gasteiger partial charge < -0.3 is 9.47 Å². The molecule has 0 N–H and O–H groups in total. The minimum absolute atomic E-state index is 0.335. The zero-order chi connectivity index (χ0) is 16.8. The predicted octanol–water partition coefficient (Wildman–Crippen LogP) is 6.06. The van der Waals surface area contributed by atoms with Crippen LogP contribution in [0.3, 0.4) is 0 Å². The summed E-state index contributed by atoms with van der Waals surface area (Å²) in [4.78, 5) is 0. The predicted molar refractivity (Wildman–Crippen MR) is 89.9 cm³/mol. The van der Waals surface area contributed by atoms with Gasteiger partial charge in [-0.15, -0.1) is 0 Å². The fourth-order valence-electron chi connectivity index (χ4n) is 2.68. The van der Waals surface area contributed by atoms with Crippen LogP contribution in [0.2, 0.25) is 0 Å². The van der Waals surface area contributed by atoms with Gasteiger partial charge >= 0.3 is 0 Å². The second kappa shape index (κ2) is 6.24. The Labute approximate surface area is 150 Å². The van der Waals surface area contributed by atoms with Gasteiger partial charge in [0.1, 0.15) is 23.8 Å². The molecule has 0 aromatic heterocycles. The standard InChI is InChI=1S/C17H14Br2F2O2/c1-17(2)22-15(11-5-3-9(20)7-13(11)18)16(23-17)12-6-4-10(21)8-14(12)19/h3-8,15-16H,1-2H3/t15-,16-/m1/s1. The zero-order valence-corrected chi connectivity index (χ0v) is 15.6. The molecular formula is C17H14Br2F2O2. The monoisotopic (exact) mass is 446 g/mol. The molecular weight excluding hydrogens is 434 g/mol. The van der Waals surface area contributed by atoms with E-state index in [2.05, 4.69) is 31.9 Å². The van der Waals surface area contributed by atoms with Crippen LogP contribution in [-0.2, 0) is 9.47 Å². The molecule has 1 heterocycles. The smallest absolute Gasteiger partial charge is 0.164 e. The molecule has 0 unspecified atom stereocenters. The van der Waals surface area contributed by atoms with Gasteiger partial charge in [-0.1, -0.05) is 44.0 Å². The van der Waals surface area contributed by atoms with Crippen molar-refractivity contribution in [3.63, 3.8) is 0 Å². The van der Waals surface area contributed by atoms with Crippen molar-refractivity contribution in [1.82, 2.24) is 0 Å². The lowest BCUT2D eigenvalue weighted by atomic mass is 9.98. The number of halogens is 4. The van der Waals surface area contributed by atoms with E-state index in [0.29, 0.717) is 8.95 Å². The molecule has 0 radical (unpaired) electrons. The molecule has 1 aliphatic rings. The lowest BCUT2D eigenvalue weighted by molar-refractivity contribution is -0.147. The van der Waals surface area contributed by atoms with E-state index < -0.39 is 18.0 Å². The second-order valence-electron chi connectivity index (χ2n) is 5.81. The highest BCUT2D eigenvalue weighted by Gasteiger charge is 2.44. The van der Waals surface area contributed by atoms with Gasteiger partial charge in [0, 0.05) is 8.95 Å². The highest BCUT2D eigenvalue weighted by molar-refractivity contribution is 9.10. The highest BCUT2D eigenvalue weighted by atomic mass is 79.9. The number of benzene rings is 2. The fraction of sp³-hybridized carbons (Fsp3) is 0.294. The van der Waals surface area contributed by atoms with E-state index in [-0.39, 0.29) is 11.6 Å². The third kappa shape index (κ3) is 3.50. The van der Waals surface area contributed by atoms with Gasteiger partial charge in [0.15, 0.2) is 5.79 Å². The molecule has 0 saturated carbocycles. The summed E-state index contributed by atoms with van der Waals surface area (Å²) in [5, 5.41) is 0. The molecule has 0 aliphatic carbocycles. The van der Waals surface area contributed by atoms with Gasteiger partial charge in [0.25, 0.3) is 0 Å². The molecule has 1 aliphatic heterocycles. The van der Waals surface area contributed by atoms with E-state index in [1.807, 2.05) is 13.8 Å². The Morgan fingerprint density at radius 3 is 1.57 bits per heavy atom. The van der Waals surface area contributed by atoms with Gasteiger partial charge in [0.2, 0.25) is 0 Å². The van der Waals surface area contributed by atoms with Crippen molar-refractivity contribution in [2.75, 3.05) is 0 Å². The van der Waals surface area contributed by atoms with Gasteiger partial charge in [-0.2, -0.15) is 0 Å². The number of hydrogen-bond acceptors (Lipinski definition) is 2. The molecule has 0 amide bonds. The molecule has 0 spiro atoms. The van der Waals surface area contributed by atoms with Crippen LogP contribution in [0.4, 0.5) is 8.78 Å². The molecule has 0 bridgehead atoms. The Morgan fingerprint density at radius 1 is 0.826 bits per heavy atom. The van der Waals surface area contributed by atoms with Crippen LogP contribution in [0, 0.1) is 11.6 Å². The third-order valence-corrected chi connectivity index (χ3v) is 5.01. The molecule has 23 heavy (non-hydrogen) atoms. The lowest BCUT2D eigenvalue weighted by Crippen LogP contribution is -2.20. The van der Waals surface area contributed by atoms with E-state index in [0.717, 1.165) is 11.1 Å². The van der Waals surface area contributed by atoms with Gasteiger partial charge in [-0.3, -0.25) is 0 Å². The normalized spacial score (nSPS) is 23.2. The van der Waals surface area contributed by atoms with Crippen molar-refractivity contribution in [2.45, 2.75) is 31.8 Å². The summed E-state index contributed by atoms with van der Waals surface area (Å²) in [7, 11) is 0. The SMILES string of the molecule is CC1(C)O[C@H](c2ccc(F)cc2Br)[C@@H](c2ccc(F)cc2Br)O1. The fourth-order valence-corrected chi connectivity index (χ4v) is 3.83. The van der Waals surface area contributed by atoms with Crippen molar-refractivity contribution in [2.24, 2.45) is 0 Å². The Kier molecular flexibility index (Phi) is 4.62. The largest absolute Gasteiger partial charge is 0.339 e. The average Bonchev–Trinajstić information content (AvgIpc) is 2.74. The van der Waals surface area contributed by atoms with Gasteiger partial charge in [-0.25, -0.2) is 8.78 Å². The Morgan fingerprint density at radius 2 is 1.22 bits per heavy atom. The van der Waals surface area contributed by atoms with Crippen LogP contribution < -0.4 is 0 Å². The summed E-state index contributed by atoms with van der Waals surface area (Å²) in [6.07, 6.45) is -0.886. The van der Waals surface area contributed by atoms with Crippen LogP contribution >= 0.6 is 31.9 Å². The Balaban J connectivity index is 2.06. The maximum absolute atomic E-state index is 13.4. The summed E-state index contributed by atoms with van der Waals surface area (Å²) < 4.78 is 40.0. The van der Waals surface area contributed by atoms with Crippen molar-refractivity contribution >= 4 is 31.9 Å². The van der Waals surface area contributed by atoms with E-state index in [9.17, 15) is 8.78 Å². The maximum atomic E-state index is 13.4. The van der Waals surface area contributed by atoms with Crippen LogP contribution in [0.15, 0.2) is 45.3 Å². The van der Waals surface area contributed by atoms with E-state index >= 15 is 0 Å². The third-order valence-electron chi connectivity index (χ3n) is 3.63. The maximum Gasteiger partial charge on any atom is 0.164 e. The molecule has 1 fully saturated rings. The number of ether oxygens (including phenoxy) is 2. The molecule has 2 aromatic rings. The van der Waals surface area contributed by atoms with E-state index in [1.165, 1.54) is 24.3 Å². The molecule has 1 saturated heterocycles. The van der Waals surface area contributed by atoms with Crippen LogP contribution in [0.1, 0.15) is 37.2 Å². The molecule has 2 nitrogen and oxygen atoms in total. The minimum atomic E-state index is -0.809. The number of rotatable bonds is 2. The van der Waals surface area contributed by atoms with Crippen LogP contribution in [0.5, 0.6) is 0 Å². The molecule has 122 valence electrons.